The molecule has 0 N–H and O–H groups in total. The van der Waals surface area contributed by atoms with Gasteiger partial charge in [-0.25, -0.2) is 0 Å². The molecule has 2 aromatic rings. The molecule has 3 nitrogen and oxygen atoms in total. The van der Waals surface area contributed by atoms with Gasteiger partial charge in [-0.15, -0.1) is 0 Å². The topological polar surface area (TPSA) is 33.2 Å². The minimum Gasteiger partial charge on any atom is -0.338 e. The molecule has 1 aliphatic heterocycles. The van der Waals surface area contributed by atoms with E-state index in [1.54, 1.807) is 0 Å². The van der Waals surface area contributed by atoms with Gasteiger partial charge < -0.3 is 4.90 Å². The van der Waals surface area contributed by atoms with Crippen molar-refractivity contribution in [1.82, 2.24) is 9.88 Å². The number of hydrogen-bond acceptors (Lipinski definition) is 2. The zero-order chi connectivity index (χ0) is 15.0. The Morgan fingerprint density at radius 3 is 2.95 bits per heavy atom. The van der Waals surface area contributed by atoms with Crippen LogP contribution >= 0.6 is 11.6 Å². The van der Waals surface area contributed by atoms with E-state index < -0.39 is 0 Å². The van der Waals surface area contributed by atoms with Crippen LogP contribution in [0.5, 0.6) is 0 Å². The molecular weight excluding hydrogens is 284 g/mol. The largest absolute Gasteiger partial charge is 0.338 e. The van der Waals surface area contributed by atoms with Crippen molar-refractivity contribution in [2.75, 3.05) is 13.1 Å². The van der Waals surface area contributed by atoms with Gasteiger partial charge in [-0.05, 0) is 43.9 Å². The second-order valence-electron chi connectivity index (χ2n) is 5.96. The number of hydrogen-bond donors (Lipinski definition) is 0. The highest BCUT2D eigenvalue weighted by Crippen LogP contribution is 2.23. The van der Waals surface area contributed by atoms with E-state index in [-0.39, 0.29) is 5.91 Å². The highest BCUT2D eigenvalue weighted by atomic mass is 35.5. The molecule has 3 rings (SSSR count). The van der Waals surface area contributed by atoms with E-state index in [9.17, 15) is 4.79 Å². The van der Waals surface area contributed by atoms with Crippen LogP contribution in [0.15, 0.2) is 24.3 Å². The quantitative estimate of drug-likeness (QED) is 0.795. The number of piperidine rings is 1. The smallest absolute Gasteiger partial charge is 0.255 e. The van der Waals surface area contributed by atoms with Crippen molar-refractivity contribution in [3.63, 3.8) is 0 Å². The van der Waals surface area contributed by atoms with Crippen LogP contribution in [0.1, 0.15) is 35.8 Å². The number of aryl methyl sites for hydroxylation is 1. The number of rotatable bonds is 1. The van der Waals surface area contributed by atoms with Gasteiger partial charge in [0.25, 0.3) is 5.91 Å². The number of amides is 1. The zero-order valence-corrected chi connectivity index (χ0v) is 13.2. The molecule has 0 spiro atoms. The summed E-state index contributed by atoms with van der Waals surface area (Å²) < 4.78 is 0. The fourth-order valence-electron chi connectivity index (χ4n) is 3.00. The summed E-state index contributed by atoms with van der Waals surface area (Å²) in [5, 5.41) is 1.62. The molecule has 4 heteroatoms. The molecule has 0 aliphatic carbocycles. The predicted molar refractivity (Wildman–Crippen MR) is 85.8 cm³/mol. The lowest BCUT2D eigenvalue weighted by Crippen LogP contribution is -2.39. The van der Waals surface area contributed by atoms with Crippen LogP contribution in [0.3, 0.4) is 0 Å². The SMILES string of the molecule is Cc1nc2cc(Cl)ccc2cc1C(=O)N1CCC[C@H](C)C1. The van der Waals surface area contributed by atoms with Gasteiger partial charge in [-0.1, -0.05) is 24.6 Å². The lowest BCUT2D eigenvalue weighted by molar-refractivity contribution is 0.0682. The standard InChI is InChI=1S/C17H19ClN2O/c1-11-4-3-7-20(10-11)17(21)15-8-13-5-6-14(18)9-16(13)19-12(15)2/h5-6,8-9,11H,3-4,7,10H2,1-2H3/t11-/m0/s1. The van der Waals surface area contributed by atoms with E-state index in [2.05, 4.69) is 11.9 Å². The van der Waals surface area contributed by atoms with Crippen molar-refractivity contribution < 1.29 is 4.79 Å². The molecule has 1 amide bonds. The molecular formula is C17H19ClN2O. The number of halogens is 1. The van der Waals surface area contributed by atoms with Gasteiger partial charge in [0.1, 0.15) is 0 Å². The summed E-state index contributed by atoms with van der Waals surface area (Å²) in [5.74, 6) is 0.679. The first kappa shape index (κ1) is 14.3. The summed E-state index contributed by atoms with van der Waals surface area (Å²) in [5.41, 5.74) is 2.32. The Morgan fingerprint density at radius 2 is 2.19 bits per heavy atom. The van der Waals surface area contributed by atoms with Crippen molar-refractivity contribution in [3.05, 3.63) is 40.5 Å². The van der Waals surface area contributed by atoms with E-state index >= 15 is 0 Å². The molecule has 0 unspecified atom stereocenters. The van der Waals surface area contributed by atoms with Crippen LogP contribution in [-0.2, 0) is 0 Å². The fourth-order valence-corrected chi connectivity index (χ4v) is 3.16. The van der Waals surface area contributed by atoms with Crippen LogP contribution in [-0.4, -0.2) is 28.9 Å². The minimum absolute atomic E-state index is 0.100. The number of fused-ring (bicyclic) bond motifs is 1. The number of nitrogens with zero attached hydrogens (tertiary/aromatic N) is 2. The minimum atomic E-state index is 0.100. The second kappa shape index (κ2) is 5.64. The first-order valence-electron chi connectivity index (χ1n) is 7.41. The van der Waals surface area contributed by atoms with Gasteiger partial charge in [-0.2, -0.15) is 0 Å². The molecule has 1 saturated heterocycles. The number of aromatic nitrogens is 1. The maximum atomic E-state index is 12.7. The Morgan fingerprint density at radius 1 is 1.38 bits per heavy atom. The van der Waals surface area contributed by atoms with Crippen LogP contribution in [0.25, 0.3) is 10.9 Å². The molecule has 1 aromatic heterocycles. The normalized spacial score (nSPS) is 19.0. The summed E-state index contributed by atoms with van der Waals surface area (Å²) >= 11 is 6.00. The van der Waals surface area contributed by atoms with Gasteiger partial charge in [0.15, 0.2) is 0 Å². The van der Waals surface area contributed by atoms with Gasteiger partial charge in [0.05, 0.1) is 16.8 Å². The molecule has 2 heterocycles. The lowest BCUT2D eigenvalue weighted by atomic mass is 9.99. The highest BCUT2D eigenvalue weighted by molar-refractivity contribution is 6.31. The summed E-state index contributed by atoms with van der Waals surface area (Å²) in [6.45, 7) is 5.78. The Labute approximate surface area is 129 Å². The molecule has 21 heavy (non-hydrogen) atoms. The average Bonchev–Trinajstić information content (AvgIpc) is 2.45. The van der Waals surface area contributed by atoms with Gasteiger partial charge in [-0.3, -0.25) is 9.78 Å². The molecule has 0 saturated carbocycles. The Balaban J connectivity index is 1.97. The third-order valence-corrected chi connectivity index (χ3v) is 4.38. The first-order chi connectivity index (χ1) is 10.0. The van der Waals surface area contributed by atoms with Crippen molar-refractivity contribution in [2.24, 2.45) is 5.92 Å². The van der Waals surface area contributed by atoms with Crippen molar-refractivity contribution >= 4 is 28.4 Å². The molecule has 1 aromatic carbocycles. The van der Waals surface area contributed by atoms with E-state index in [4.69, 9.17) is 11.6 Å². The Hall–Kier alpha value is -1.61. The first-order valence-corrected chi connectivity index (χ1v) is 7.78. The van der Waals surface area contributed by atoms with Gasteiger partial charge in [0, 0.05) is 23.5 Å². The number of benzene rings is 1. The Bertz CT molecular complexity index is 698. The van der Waals surface area contributed by atoms with E-state index in [0.717, 1.165) is 36.1 Å². The van der Waals surface area contributed by atoms with E-state index in [1.807, 2.05) is 36.1 Å². The number of likely N-dealkylation sites (tertiary alicyclic amines) is 1. The second-order valence-corrected chi connectivity index (χ2v) is 6.39. The molecule has 1 aliphatic rings. The summed E-state index contributed by atoms with van der Waals surface area (Å²) in [6, 6.07) is 7.52. The van der Waals surface area contributed by atoms with Crippen LogP contribution in [0.4, 0.5) is 0 Å². The maximum absolute atomic E-state index is 12.7. The molecule has 0 radical (unpaired) electrons. The van der Waals surface area contributed by atoms with Gasteiger partial charge in [0.2, 0.25) is 0 Å². The lowest BCUT2D eigenvalue weighted by Gasteiger charge is -2.31. The van der Waals surface area contributed by atoms with Crippen molar-refractivity contribution in [3.8, 4) is 0 Å². The molecule has 0 bridgehead atoms. The highest BCUT2D eigenvalue weighted by Gasteiger charge is 2.23. The van der Waals surface area contributed by atoms with Crippen LogP contribution in [0.2, 0.25) is 5.02 Å². The van der Waals surface area contributed by atoms with Crippen molar-refractivity contribution in [2.45, 2.75) is 26.7 Å². The Kier molecular flexibility index (Phi) is 3.85. The number of carbonyl (C=O) groups is 1. The van der Waals surface area contributed by atoms with Gasteiger partial charge >= 0.3 is 0 Å². The van der Waals surface area contributed by atoms with E-state index in [1.165, 1.54) is 6.42 Å². The number of pyridine rings is 1. The van der Waals surface area contributed by atoms with Crippen LogP contribution < -0.4 is 0 Å². The summed E-state index contributed by atoms with van der Waals surface area (Å²) in [4.78, 5) is 19.2. The maximum Gasteiger partial charge on any atom is 0.255 e. The summed E-state index contributed by atoms with van der Waals surface area (Å²) in [7, 11) is 0. The predicted octanol–water partition coefficient (Wildman–Crippen LogP) is 4.07. The average molecular weight is 303 g/mol. The third-order valence-electron chi connectivity index (χ3n) is 4.14. The molecule has 1 atom stereocenters. The molecule has 1 fully saturated rings. The third kappa shape index (κ3) is 2.88. The monoisotopic (exact) mass is 302 g/mol. The summed E-state index contributed by atoms with van der Waals surface area (Å²) in [6.07, 6.45) is 2.29. The van der Waals surface area contributed by atoms with Crippen LogP contribution in [0, 0.1) is 12.8 Å². The molecule has 110 valence electrons. The zero-order valence-electron chi connectivity index (χ0n) is 12.4. The van der Waals surface area contributed by atoms with Crippen molar-refractivity contribution in [1.29, 1.82) is 0 Å². The number of carbonyl (C=O) groups excluding carboxylic acids is 1. The van der Waals surface area contributed by atoms with E-state index in [0.29, 0.717) is 16.5 Å². The fraction of sp³-hybridized carbons (Fsp3) is 0.412.